The Morgan fingerprint density at radius 2 is 2.32 bits per heavy atom. The normalized spacial score (nSPS) is 14.3. The van der Waals surface area contributed by atoms with Crippen molar-refractivity contribution in [2.24, 2.45) is 5.84 Å². The first-order valence-electron chi connectivity index (χ1n) is 5.98. The minimum absolute atomic E-state index is 0.491. The molecule has 0 radical (unpaired) electrons. The molecule has 1 aliphatic rings. The number of benzene rings is 1. The van der Waals surface area contributed by atoms with Gasteiger partial charge in [0, 0.05) is 17.4 Å². The molecule has 0 saturated carbocycles. The van der Waals surface area contributed by atoms with Gasteiger partial charge in [0.25, 0.3) is 0 Å². The molecular weight excluding hydrogens is 266 g/mol. The summed E-state index contributed by atoms with van der Waals surface area (Å²) in [6, 6.07) is 3.59. The minimum atomic E-state index is 0.491. The maximum Gasteiger partial charge on any atom is 0.145 e. The molecule has 5 nitrogen and oxygen atoms in total. The summed E-state index contributed by atoms with van der Waals surface area (Å²) in [6.07, 6.45) is 0.760. The highest BCUT2D eigenvalue weighted by molar-refractivity contribution is 6.36. The zero-order valence-electron chi connectivity index (χ0n) is 10.5. The fourth-order valence-corrected chi connectivity index (χ4v) is 2.67. The van der Waals surface area contributed by atoms with Crippen molar-refractivity contribution in [1.82, 2.24) is 4.98 Å². The van der Waals surface area contributed by atoms with Gasteiger partial charge in [-0.2, -0.15) is 0 Å². The van der Waals surface area contributed by atoms with E-state index in [1.54, 1.807) is 13.2 Å². The van der Waals surface area contributed by atoms with E-state index in [-0.39, 0.29) is 0 Å². The Kier molecular flexibility index (Phi) is 3.18. The average molecular weight is 280 g/mol. The molecule has 19 heavy (non-hydrogen) atoms. The summed E-state index contributed by atoms with van der Waals surface area (Å²) >= 11 is 6.28. The Labute approximate surface area is 115 Å². The van der Waals surface area contributed by atoms with Gasteiger partial charge in [-0.3, -0.25) is 5.84 Å². The monoisotopic (exact) mass is 279 g/mol. The summed E-state index contributed by atoms with van der Waals surface area (Å²) < 4.78 is 10.8. The van der Waals surface area contributed by atoms with Crippen molar-refractivity contribution in [3.63, 3.8) is 0 Å². The zero-order valence-corrected chi connectivity index (χ0v) is 11.3. The highest BCUT2D eigenvalue weighted by atomic mass is 35.5. The lowest BCUT2D eigenvalue weighted by molar-refractivity contribution is 0.110. The SMILES string of the molecule is COc1ccc(Cl)c2c(NN)c3c(nc12)CCOC3. The number of anilines is 1. The third-order valence-electron chi connectivity index (χ3n) is 3.33. The summed E-state index contributed by atoms with van der Waals surface area (Å²) in [5, 5.41) is 1.36. The first kappa shape index (κ1) is 12.5. The number of hydrazine groups is 1. The molecule has 0 spiro atoms. The largest absolute Gasteiger partial charge is 0.494 e. The van der Waals surface area contributed by atoms with Gasteiger partial charge in [0.2, 0.25) is 0 Å². The molecule has 3 rings (SSSR count). The summed E-state index contributed by atoms with van der Waals surface area (Å²) in [5.74, 6) is 6.35. The number of nitrogens with two attached hydrogens (primary N) is 1. The molecule has 3 N–H and O–H groups in total. The molecule has 1 aromatic carbocycles. The van der Waals surface area contributed by atoms with Crippen LogP contribution in [0.5, 0.6) is 5.75 Å². The number of hydrogen-bond acceptors (Lipinski definition) is 5. The quantitative estimate of drug-likeness (QED) is 0.652. The number of fused-ring (bicyclic) bond motifs is 2. The van der Waals surface area contributed by atoms with Crippen LogP contribution in [-0.2, 0) is 17.8 Å². The molecular formula is C13H14ClN3O2. The van der Waals surface area contributed by atoms with Crippen LogP contribution in [0.4, 0.5) is 5.69 Å². The number of nitrogens with zero attached hydrogens (tertiary/aromatic N) is 1. The summed E-state index contributed by atoms with van der Waals surface area (Å²) in [5.41, 5.74) is 6.17. The first-order chi connectivity index (χ1) is 9.26. The lowest BCUT2D eigenvalue weighted by Gasteiger charge is -2.21. The lowest BCUT2D eigenvalue weighted by atomic mass is 10.0. The van der Waals surface area contributed by atoms with Crippen LogP contribution >= 0.6 is 11.6 Å². The van der Waals surface area contributed by atoms with Crippen LogP contribution in [0.2, 0.25) is 5.02 Å². The van der Waals surface area contributed by atoms with Crippen LogP contribution in [-0.4, -0.2) is 18.7 Å². The first-order valence-corrected chi connectivity index (χ1v) is 6.36. The van der Waals surface area contributed by atoms with E-state index < -0.39 is 0 Å². The molecule has 0 atom stereocenters. The third kappa shape index (κ3) is 1.90. The molecule has 0 amide bonds. The number of nitrogen functional groups attached to an aromatic ring is 1. The topological polar surface area (TPSA) is 69.4 Å². The molecule has 2 heterocycles. The van der Waals surface area contributed by atoms with E-state index in [2.05, 4.69) is 10.4 Å². The molecule has 0 aliphatic carbocycles. The highest BCUT2D eigenvalue weighted by Crippen LogP contribution is 2.39. The van der Waals surface area contributed by atoms with Gasteiger partial charge in [0.1, 0.15) is 11.3 Å². The van der Waals surface area contributed by atoms with Crippen molar-refractivity contribution >= 4 is 28.2 Å². The van der Waals surface area contributed by atoms with Crippen molar-refractivity contribution in [3.8, 4) is 5.75 Å². The molecule has 2 aromatic rings. The molecule has 1 aliphatic heterocycles. The third-order valence-corrected chi connectivity index (χ3v) is 3.65. The van der Waals surface area contributed by atoms with Crippen molar-refractivity contribution in [2.75, 3.05) is 19.1 Å². The summed E-state index contributed by atoms with van der Waals surface area (Å²) in [6.45, 7) is 1.16. The smallest absolute Gasteiger partial charge is 0.145 e. The van der Waals surface area contributed by atoms with Gasteiger partial charge in [-0.15, -0.1) is 0 Å². The maximum absolute atomic E-state index is 6.28. The Balaban J connectivity index is 2.42. The molecule has 0 unspecified atom stereocenters. The van der Waals surface area contributed by atoms with E-state index >= 15 is 0 Å². The van der Waals surface area contributed by atoms with Crippen LogP contribution in [0.25, 0.3) is 10.9 Å². The Morgan fingerprint density at radius 3 is 3.05 bits per heavy atom. The highest BCUT2D eigenvalue weighted by Gasteiger charge is 2.21. The van der Waals surface area contributed by atoms with Crippen molar-refractivity contribution in [2.45, 2.75) is 13.0 Å². The zero-order chi connectivity index (χ0) is 13.4. The Hall–Kier alpha value is -1.56. The predicted molar refractivity (Wildman–Crippen MR) is 74.5 cm³/mol. The van der Waals surface area contributed by atoms with Crippen molar-refractivity contribution in [3.05, 3.63) is 28.4 Å². The number of halogens is 1. The average Bonchev–Trinajstić information content (AvgIpc) is 2.45. The standard InChI is InChI=1S/C13H14ClN3O2/c1-18-10-3-2-8(14)11-12(17-15)7-6-19-5-4-9(7)16-13(10)11/h2-3H,4-6,15H2,1H3,(H,16,17). The second-order valence-electron chi connectivity index (χ2n) is 4.33. The van der Waals surface area contributed by atoms with Crippen LogP contribution in [0.1, 0.15) is 11.3 Å². The van der Waals surface area contributed by atoms with E-state index in [1.165, 1.54) is 0 Å². The van der Waals surface area contributed by atoms with Gasteiger partial charge >= 0.3 is 0 Å². The van der Waals surface area contributed by atoms with E-state index in [0.29, 0.717) is 24.0 Å². The minimum Gasteiger partial charge on any atom is -0.494 e. The molecule has 0 bridgehead atoms. The number of methoxy groups -OCH3 is 1. The van der Waals surface area contributed by atoms with Crippen LogP contribution in [0.15, 0.2) is 12.1 Å². The van der Waals surface area contributed by atoms with Gasteiger partial charge < -0.3 is 14.9 Å². The number of nitrogens with one attached hydrogen (secondary N) is 1. The predicted octanol–water partition coefficient (Wildman–Crippen LogP) is 2.26. The summed E-state index contributed by atoms with van der Waals surface area (Å²) in [7, 11) is 1.61. The Morgan fingerprint density at radius 1 is 1.47 bits per heavy atom. The summed E-state index contributed by atoms with van der Waals surface area (Å²) in [4.78, 5) is 4.67. The molecule has 6 heteroatoms. The number of rotatable bonds is 2. The van der Waals surface area contributed by atoms with Crippen LogP contribution < -0.4 is 16.0 Å². The van der Waals surface area contributed by atoms with E-state index in [1.807, 2.05) is 6.07 Å². The number of aromatic nitrogens is 1. The Bertz CT molecular complexity index is 646. The maximum atomic E-state index is 6.28. The van der Waals surface area contributed by atoms with Gasteiger partial charge in [0.05, 0.1) is 36.7 Å². The molecule has 100 valence electrons. The number of hydrogen-bond donors (Lipinski definition) is 2. The molecule has 0 fully saturated rings. The van der Waals surface area contributed by atoms with Gasteiger partial charge in [-0.25, -0.2) is 4.98 Å². The fourth-order valence-electron chi connectivity index (χ4n) is 2.42. The lowest BCUT2D eigenvalue weighted by Crippen LogP contribution is -2.18. The van der Waals surface area contributed by atoms with Crippen molar-refractivity contribution < 1.29 is 9.47 Å². The van der Waals surface area contributed by atoms with Gasteiger partial charge in [-0.1, -0.05) is 11.6 Å². The van der Waals surface area contributed by atoms with E-state index in [4.69, 9.17) is 26.9 Å². The fraction of sp³-hybridized carbons (Fsp3) is 0.308. The van der Waals surface area contributed by atoms with Crippen LogP contribution in [0.3, 0.4) is 0 Å². The number of ether oxygens (including phenoxy) is 2. The van der Waals surface area contributed by atoms with Gasteiger partial charge in [-0.05, 0) is 12.1 Å². The second kappa shape index (κ2) is 4.85. The number of pyridine rings is 1. The van der Waals surface area contributed by atoms with Crippen molar-refractivity contribution in [1.29, 1.82) is 0 Å². The van der Waals surface area contributed by atoms with Crippen LogP contribution in [0, 0.1) is 0 Å². The van der Waals surface area contributed by atoms with E-state index in [0.717, 1.165) is 34.3 Å². The van der Waals surface area contributed by atoms with Gasteiger partial charge in [0.15, 0.2) is 0 Å². The second-order valence-corrected chi connectivity index (χ2v) is 4.74. The molecule has 0 saturated heterocycles. The molecule has 1 aromatic heterocycles. The van der Waals surface area contributed by atoms with E-state index in [9.17, 15) is 0 Å².